The molecule has 0 radical (unpaired) electrons. The molecule has 10 heteroatoms. The van der Waals surface area contributed by atoms with E-state index in [0.29, 0.717) is 23.4 Å². The number of nitrogens with one attached hydrogen (secondary N) is 2. The Balaban J connectivity index is 1.69. The molecule has 3 rings (SSSR count). The van der Waals surface area contributed by atoms with Crippen LogP contribution in [0.3, 0.4) is 0 Å². The van der Waals surface area contributed by atoms with E-state index in [2.05, 4.69) is 25.5 Å². The van der Waals surface area contributed by atoms with Crippen LogP contribution in [0.2, 0.25) is 0 Å². The van der Waals surface area contributed by atoms with Crippen LogP contribution in [0.1, 0.15) is 47.0 Å². The molecule has 1 aliphatic rings. The molecule has 0 saturated carbocycles. The fourth-order valence-corrected chi connectivity index (χ4v) is 4.42. The van der Waals surface area contributed by atoms with Crippen LogP contribution >= 0.6 is 11.3 Å². The summed E-state index contributed by atoms with van der Waals surface area (Å²) in [7, 11) is 0. The topological polar surface area (TPSA) is 109 Å². The van der Waals surface area contributed by atoms with Crippen molar-refractivity contribution in [2.45, 2.75) is 65.6 Å². The molecule has 0 aromatic carbocycles. The summed E-state index contributed by atoms with van der Waals surface area (Å²) in [5.74, 6) is -0.0920. The third-order valence-electron chi connectivity index (χ3n) is 5.27. The first-order valence-electron chi connectivity index (χ1n) is 10.5. The predicted octanol–water partition coefficient (Wildman–Crippen LogP) is 1.51. The van der Waals surface area contributed by atoms with Crippen molar-refractivity contribution in [2.24, 2.45) is 5.92 Å². The van der Waals surface area contributed by atoms with Crippen LogP contribution in [0.4, 0.5) is 5.13 Å². The molecule has 1 aliphatic heterocycles. The van der Waals surface area contributed by atoms with Gasteiger partial charge in [-0.2, -0.15) is 4.98 Å². The number of anilines is 1. The fraction of sp³-hybridized carbons (Fsp3) is 0.650. The molecule has 2 aromatic heterocycles. The second kappa shape index (κ2) is 9.55. The highest BCUT2D eigenvalue weighted by atomic mass is 32.1. The van der Waals surface area contributed by atoms with Crippen LogP contribution in [0.25, 0.3) is 10.3 Å². The molecule has 30 heavy (non-hydrogen) atoms. The number of carbonyl (C=O) groups excluding carboxylic acids is 2. The average molecular weight is 435 g/mol. The highest BCUT2D eigenvalue weighted by Gasteiger charge is 2.27. The number of rotatable bonds is 7. The van der Waals surface area contributed by atoms with Crippen molar-refractivity contribution in [3.05, 3.63) is 16.7 Å². The Hall–Kier alpha value is -2.49. The zero-order chi connectivity index (χ0) is 21.8. The van der Waals surface area contributed by atoms with Gasteiger partial charge in [-0.1, -0.05) is 18.3 Å². The van der Waals surface area contributed by atoms with Crippen LogP contribution in [-0.2, 0) is 16.1 Å². The zero-order valence-corrected chi connectivity index (χ0v) is 18.8. The molecule has 1 unspecified atom stereocenters. The highest BCUT2D eigenvalue weighted by molar-refractivity contribution is 7.22. The van der Waals surface area contributed by atoms with Crippen LogP contribution < -0.4 is 21.1 Å². The number of thiazole rings is 1. The number of piperidine rings is 1. The van der Waals surface area contributed by atoms with E-state index in [0.717, 1.165) is 24.4 Å². The Morgan fingerprint density at radius 3 is 2.57 bits per heavy atom. The monoisotopic (exact) mass is 434 g/mol. The zero-order valence-electron chi connectivity index (χ0n) is 18.0. The lowest BCUT2D eigenvalue weighted by molar-refractivity contribution is -0.126. The maximum atomic E-state index is 12.8. The number of nitrogens with zero attached hydrogens (tertiary/aromatic N) is 4. The first kappa shape index (κ1) is 22.2. The molecular weight excluding hydrogens is 404 g/mol. The maximum Gasteiger partial charge on any atom is 0.273 e. The smallest absolute Gasteiger partial charge is 0.273 e. The van der Waals surface area contributed by atoms with Crippen LogP contribution in [0.15, 0.2) is 11.1 Å². The molecule has 9 nitrogen and oxygen atoms in total. The number of hydrogen-bond acceptors (Lipinski definition) is 7. The van der Waals surface area contributed by atoms with Gasteiger partial charge in [0.25, 0.3) is 5.56 Å². The van der Waals surface area contributed by atoms with E-state index in [1.165, 1.54) is 22.2 Å². The quantitative estimate of drug-likeness (QED) is 0.684. The number of aromatic nitrogens is 3. The van der Waals surface area contributed by atoms with Gasteiger partial charge in [0.2, 0.25) is 11.8 Å². The molecule has 2 N–H and O–H groups in total. The van der Waals surface area contributed by atoms with Crippen molar-refractivity contribution >= 4 is 38.6 Å². The number of amides is 2. The normalized spacial score (nSPS) is 16.1. The molecule has 1 saturated heterocycles. The molecule has 164 valence electrons. The van der Waals surface area contributed by atoms with E-state index in [-0.39, 0.29) is 41.9 Å². The number of fused-ring (bicyclic) bond motifs is 1. The summed E-state index contributed by atoms with van der Waals surface area (Å²) in [5.41, 5.74) is 0.146. The van der Waals surface area contributed by atoms with E-state index in [1.807, 2.05) is 27.7 Å². The maximum absolute atomic E-state index is 12.8. The third kappa shape index (κ3) is 5.16. The summed E-state index contributed by atoms with van der Waals surface area (Å²) >= 11 is 1.30. The van der Waals surface area contributed by atoms with Gasteiger partial charge in [-0.3, -0.25) is 19.0 Å². The van der Waals surface area contributed by atoms with Gasteiger partial charge < -0.3 is 15.5 Å². The van der Waals surface area contributed by atoms with E-state index in [1.54, 1.807) is 0 Å². The number of carbonyl (C=O) groups is 2. The van der Waals surface area contributed by atoms with Crippen molar-refractivity contribution in [1.82, 2.24) is 25.2 Å². The van der Waals surface area contributed by atoms with Crippen molar-refractivity contribution < 1.29 is 9.59 Å². The molecule has 0 bridgehead atoms. The third-order valence-corrected chi connectivity index (χ3v) is 6.37. The summed E-state index contributed by atoms with van der Waals surface area (Å²) in [4.78, 5) is 48.0. The van der Waals surface area contributed by atoms with Gasteiger partial charge in [0.05, 0.1) is 0 Å². The van der Waals surface area contributed by atoms with E-state index >= 15 is 0 Å². The van der Waals surface area contributed by atoms with Gasteiger partial charge in [-0.05, 0) is 40.0 Å². The van der Waals surface area contributed by atoms with Gasteiger partial charge in [-0.25, -0.2) is 4.98 Å². The molecule has 0 aliphatic carbocycles. The Morgan fingerprint density at radius 2 is 1.93 bits per heavy atom. The summed E-state index contributed by atoms with van der Waals surface area (Å²) in [6.07, 6.45) is 3.71. The summed E-state index contributed by atoms with van der Waals surface area (Å²) in [6, 6.07) is 0.200. The van der Waals surface area contributed by atoms with Gasteiger partial charge in [0.15, 0.2) is 10.8 Å². The Bertz CT molecular complexity index is 961. The van der Waals surface area contributed by atoms with E-state index in [4.69, 9.17) is 0 Å². The molecule has 2 amide bonds. The molecule has 3 heterocycles. The second-order valence-electron chi connectivity index (χ2n) is 8.13. The van der Waals surface area contributed by atoms with Crippen LogP contribution in [0.5, 0.6) is 0 Å². The lowest BCUT2D eigenvalue weighted by atomic mass is 9.96. The van der Waals surface area contributed by atoms with Crippen molar-refractivity contribution in [3.8, 4) is 0 Å². The lowest BCUT2D eigenvalue weighted by Crippen LogP contribution is -2.42. The first-order chi connectivity index (χ1) is 14.3. The van der Waals surface area contributed by atoms with Crippen molar-refractivity contribution in [2.75, 3.05) is 18.0 Å². The molecule has 1 atom stereocenters. The minimum atomic E-state index is -0.255. The number of hydrogen-bond donors (Lipinski definition) is 2. The predicted molar refractivity (Wildman–Crippen MR) is 118 cm³/mol. The van der Waals surface area contributed by atoms with E-state index < -0.39 is 0 Å². The Morgan fingerprint density at radius 1 is 1.23 bits per heavy atom. The van der Waals surface area contributed by atoms with E-state index in [9.17, 15) is 14.4 Å². The molecule has 0 spiro atoms. The molecular formula is C20H30N6O3S. The van der Waals surface area contributed by atoms with Crippen LogP contribution in [-0.4, -0.2) is 51.5 Å². The van der Waals surface area contributed by atoms with Crippen molar-refractivity contribution in [1.29, 1.82) is 0 Å². The van der Waals surface area contributed by atoms with Crippen molar-refractivity contribution in [3.63, 3.8) is 0 Å². The second-order valence-corrected chi connectivity index (χ2v) is 9.11. The first-order valence-corrected chi connectivity index (χ1v) is 11.3. The SMILES string of the molecule is CCC(C)NC(=O)Cn1cnc2nc(N3CCC(C(=O)NC(C)C)CC3)sc2c1=O. The largest absolute Gasteiger partial charge is 0.354 e. The Kier molecular flexibility index (Phi) is 7.06. The van der Waals surface area contributed by atoms with Gasteiger partial charge in [0, 0.05) is 31.1 Å². The molecule has 1 fully saturated rings. The average Bonchev–Trinajstić information content (AvgIpc) is 3.15. The fourth-order valence-electron chi connectivity index (χ4n) is 3.40. The standard InChI is InChI=1S/C20H30N6O3S/c1-5-13(4)23-15(27)10-26-11-21-17-16(19(26)29)30-20(24-17)25-8-6-14(7-9-25)18(28)22-12(2)3/h11-14H,5-10H2,1-4H3,(H,22,28)(H,23,27). The van der Waals surface area contributed by atoms with Gasteiger partial charge in [-0.15, -0.1) is 0 Å². The summed E-state index contributed by atoms with van der Waals surface area (Å²) < 4.78 is 1.77. The summed E-state index contributed by atoms with van der Waals surface area (Å²) in [5, 5.41) is 6.57. The van der Waals surface area contributed by atoms with Crippen LogP contribution in [0, 0.1) is 5.92 Å². The molecule has 2 aromatic rings. The minimum absolute atomic E-state index is 0.0115. The lowest BCUT2D eigenvalue weighted by Gasteiger charge is -2.31. The summed E-state index contributed by atoms with van der Waals surface area (Å²) in [6.45, 7) is 9.19. The van der Waals surface area contributed by atoms with Gasteiger partial charge in [0.1, 0.15) is 17.6 Å². The Labute approximate surface area is 179 Å². The highest BCUT2D eigenvalue weighted by Crippen LogP contribution is 2.29. The minimum Gasteiger partial charge on any atom is -0.354 e. The van der Waals surface area contributed by atoms with Gasteiger partial charge >= 0.3 is 0 Å².